The van der Waals surface area contributed by atoms with Crippen molar-refractivity contribution >= 4 is 51.8 Å². The Morgan fingerprint density at radius 1 is 1.13 bits per heavy atom. The zero-order valence-electron chi connectivity index (χ0n) is 19.8. The number of hydrogen-bond acceptors (Lipinski definition) is 5. The summed E-state index contributed by atoms with van der Waals surface area (Å²) < 4.78 is 84.0. The molecule has 4 rings (SSSR count). The van der Waals surface area contributed by atoms with E-state index in [1.165, 1.54) is 25.5 Å². The first kappa shape index (κ1) is 28.5. The van der Waals surface area contributed by atoms with Crippen molar-refractivity contribution in [3.05, 3.63) is 80.8 Å². The molecule has 1 heterocycles. The number of carbonyl (C=O) groups is 1. The number of rotatable bonds is 6. The lowest BCUT2D eigenvalue weighted by Crippen LogP contribution is -2.43. The van der Waals surface area contributed by atoms with Crippen LogP contribution in [-0.4, -0.2) is 37.7 Å². The predicted octanol–water partition coefficient (Wildman–Crippen LogP) is 7.11. The largest absolute Gasteiger partial charge is 0.435 e. The van der Waals surface area contributed by atoms with E-state index in [9.17, 15) is 31.1 Å². The number of hydrogen-bond donors (Lipinski definition) is 1. The molecule has 1 unspecified atom stereocenters. The van der Waals surface area contributed by atoms with Gasteiger partial charge >= 0.3 is 12.4 Å². The van der Waals surface area contributed by atoms with E-state index in [1.54, 1.807) is 24.3 Å². The zero-order valence-corrected chi connectivity index (χ0v) is 21.3. The third kappa shape index (κ3) is 5.35. The van der Waals surface area contributed by atoms with Crippen LogP contribution in [0, 0.1) is 0 Å². The Hall–Kier alpha value is -3.51. The Morgan fingerprint density at radius 3 is 2.46 bits per heavy atom. The number of alkyl halides is 6. The molecule has 1 aliphatic rings. The summed E-state index contributed by atoms with van der Waals surface area (Å²) in [5.74, 6) is -0.481. The summed E-state index contributed by atoms with van der Waals surface area (Å²) in [6.07, 6.45) is -9.91. The maximum atomic E-state index is 14.5. The molecule has 1 atom stereocenters. The van der Waals surface area contributed by atoms with Crippen LogP contribution in [0.15, 0.2) is 58.8 Å². The molecule has 1 N–H and O–H groups in total. The van der Waals surface area contributed by atoms with Crippen LogP contribution < -0.4 is 5.32 Å². The molecule has 0 bridgehead atoms. The molecule has 3 aromatic rings. The molecular weight excluding hydrogens is 575 g/mol. The van der Waals surface area contributed by atoms with Crippen LogP contribution in [0.3, 0.4) is 0 Å². The Bertz CT molecular complexity index is 1490. The zero-order chi connectivity index (χ0) is 28.6. The van der Waals surface area contributed by atoms with E-state index in [2.05, 4.69) is 20.5 Å². The highest BCUT2D eigenvalue weighted by atomic mass is 35.5. The minimum atomic E-state index is -5.20. The molecule has 1 amide bonds. The molecule has 0 saturated heterocycles. The number of fused-ring (bicyclic) bond motifs is 1. The van der Waals surface area contributed by atoms with Gasteiger partial charge < -0.3 is 15.0 Å². The van der Waals surface area contributed by atoms with Gasteiger partial charge in [0.25, 0.3) is 11.5 Å². The van der Waals surface area contributed by atoms with Crippen molar-refractivity contribution in [2.24, 2.45) is 10.3 Å². The average molecular weight is 592 g/mol. The first-order chi connectivity index (χ1) is 18.3. The van der Waals surface area contributed by atoms with Gasteiger partial charge in [-0.25, -0.2) is 0 Å². The minimum absolute atomic E-state index is 0.0565. The van der Waals surface area contributed by atoms with E-state index < -0.39 is 51.5 Å². The van der Waals surface area contributed by atoms with Gasteiger partial charge in [-0.15, -0.1) is 0 Å². The monoisotopic (exact) mass is 591 g/mol. The van der Waals surface area contributed by atoms with Gasteiger partial charge in [0.05, 0.1) is 34.1 Å². The lowest BCUT2D eigenvalue weighted by molar-refractivity contribution is -0.276. The van der Waals surface area contributed by atoms with E-state index in [0.29, 0.717) is 16.8 Å². The van der Waals surface area contributed by atoms with Gasteiger partial charge in [-0.1, -0.05) is 63.8 Å². The summed E-state index contributed by atoms with van der Waals surface area (Å²) >= 11 is 11.4. The van der Waals surface area contributed by atoms with Crippen molar-refractivity contribution in [1.82, 2.24) is 5.32 Å². The molecule has 6 nitrogen and oxygen atoms in total. The van der Waals surface area contributed by atoms with Gasteiger partial charge in [0.2, 0.25) is 0 Å². The van der Waals surface area contributed by atoms with Crippen molar-refractivity contribution < 1.29 is 40.8 Å². The smallest absolute Gasteiger partial charge is 0.399 e. The summed E-state index contributed by atoms with van der Waals surface area (Å²) in [4.78, 5) is 22.1. The number of halogens is 8. The molecule has 0 saturated carbocycles. The van der Waals surface area contributed by atoms with Crippen LogP contribution in [0.1, 0.15) is 33.5 Å². The Labute approximate surface area is 227 Å². The van der Waals surface area contributed by atoms with Gasteiger partial charge in [-0.05, 0) is 29.0 Å². The van der Waals surface area contributed by atoms with Crippen LogP contribution >= 0.6 is 23.2 Å². The average Bonchev–Trinajstić information content (AvgIpc) is 3.33. The molecule has 0 radical (unpaired) electrons. The molecule has 14 heteroatoms. The lowest BCUT2D eigenvalue weighted by atomic mass is 9.84. The van der Waals surface area contributed by atoms with Crippen molar-refractivity contribution in [2.75, 3.05) is 13.7 Å². The second-order valence-electron chi connectivity index (χ2n) is 8.34. The second kappa shape index (κ2) is 10.6. The highest BCUT2D eigenvalue weighted by Crippen LogP contribution is 2.51. The third-order valence-electron chi connectivity index (χ3n) is 6.00. The predicted molar refractivity (Wildman–Crippen MR) is 133 cm³/mol. The van der Waals surface area contributed by atoms with Crippen LogP contribution in [0.25, 0.3) is 10.8 Å². The summed E-state index contributed by atoms with van der Waals surface area (Å²) in [6, 6.07) is 10.2. The number of nitrogens with zero attached hydrogens (tertiary/aromatic N) is 2. The molecule has 39 heavy (non-hydrogen) atoms. The van der Waals surface area contributed by atoms with E-state index in [-0.39, 0.29) is 29.4 Å². The molecule has 206 valence electrons. The molecule has 1 aliphatic heterocycles. The number of oxime groups is 2. The van der Waals surface area contributed by atoms with E-state index in [4.69, 9.17) is 28.0 Å². The minimum Gasteiger partial charge on any atom is -0.399 e. The summed E-state index contributed by atoms with van der Waals surface area (Å²) in [6.45, 7) is 0.0565. The van der Waals surface area contributed by atoms with Gasteiger partial charge in [-0.2, -0.15) is 26.3 Å². The first-order valence-electron chi connectivity index (χ1n) is 11.0. The van der Waals surface area contributed by atoms with Crippen LogP contribution in [-0.2, 0) is 21.5 Å². The maximum Gasteiger partial charge on any atom is 0.435 e. The molecule has 0 spiro atoms. The fourth-order valence-corrected chi connectivity index (χ4v) is 4.61. The number of carbonyl (C=O) groups excluding carboxylic acids is 1. The highest BCUT2D eigenvalue weighted by Gasteiger charge is 2.63. The molecule has 3 aromatic carbocycles. The van der Waals surface area contributed by atoms with Crippen molar-refractivity contribution in [3.8, 4) is 0 Å². The normalized spacial score (nSPS) is 17.8. The standard InChI is InChI=1S/C25H17Cl2F6N3O3/c1-38-35-9-8-34-22(37)17-7-6-16(14-4-2-3-5-15(14)17)20-12-23(39-36-20,25(31,32)33)13-10-18(24(28,29)30)21(27)19(26)11-13/h2-7,9-11H,8,12H2,1H3,(H,34,37)/b35-9-. The van der Waals surface area contributed by atoms with E-state index in [0.717, 1.165) is 0 Å². The Morgan fingerprint density at radius 2 is 1.82 bits per heavy atom. The number of nitrogens with one attached hydrogen (secondary N) is 1. The molecule has 0 fully saturated rings. The quantitative estimate of drug-likeness (QED) is 0.189. The van der Waals surface area contributed by atoms with Crippen molar-refractivity contribution in [3.63, 3.8) is 0 Å². The third-order valence-corrected chi connectivity index (χ3v) is 6.80. The fraction of sp³-hybridized carbons (Fsp3) is 0.240. The van der Waals surface area contributed by atoms with Crippen LogP contribution in [0.5, 0.6) is 0 Å². The van der Waals surface area contributed by atoms with E-state index in [1.807, 2.05) is 0 Å². The van der Waals surface area contributed by atoms with E-state index >= 15 is 0 Å². The maximum absolute atomic E-state index is 14.5. The Balaban J connectivity index is 1.77. The lowest BCUT2D eigenvalue weighted by Gasteiger charge is -2.30. The van der Waals surface area contributed by atoms with Crippen molar-refractivity contribution in [1.29, 1.82) is 0 Å². The van der Waals surface area contributed by atoms with Crippen LogP contribution in [0.2, 0.25) is 10.0 Å². The van der Waals surface area contributed by atoms with Gasteiger partial charge in [-0.3, -0.25) is 4.79 Å². The SMILES string of the molecule is CO/N=C\CNC(=O)c1ccc(C2=NOC(c3cc(Cl)c(Cl)c(C(F)(F)F)c3)(C(F)(F)F)C2)c2ccccc12. The number of benzene rings is 3. The molecular formula is C25H17Cl2F6N3O3. The summed E-state index contributed by atoms with van der Waals surface area (Å²) in [7, 11) is 1.34. The second-order valence-corrected chi connectivity index (χ2v) is 9.12. The van der Waals surface area contributed by atoms with Gasteiger partial charge in [0, 0.05) is 23.1 Å². The summed E-state index contributed by atoms with van der Waals surface area (Å²) in [5.41, 5.74) is -5.49. The molecule has 0 aromatic heterocycles. The number of amides is 1. The fourth-order valence-electron chi connectivity index (χ4n) is 4.17. The highest BCUT2D eigenvalue weighted by molar-refractivity contribution is 6.42. The first-order valence-corrected chi connectivity index (χ1v) is 11.8. The topological polar surface area (TPSA) is 72.3 Å². The van der Waals surface area contributed by atoms with Crippen LogP contribution in [0.4, 0.5) is 26.3 Å². The summed E-state index contributed by atoms with van der Waals surface area (Å²) in [5, 5.41) is 8.89. The Kier molecular flexibility index (Phi) is 7.72. The van der Waals surface area contributed by atoms with Gasteiger partial charge in [0.15, 0.2) is 0 Å². The van der Waals surface area contributed by atoms with Crippen molar-refractivity contribution in [2.45, 2.75) is 24.4 Å². The van der Waals surface area contributed by atoms with Gasteiger partial charge in [0.1, 0.15) is 7.11 Å². The molecule has 0 aliphatic carbocycles.